The topological polar surface area (TPSA) is 71.7 Å². The first kappa shape index (κ1) is 19.8. The van der Waals surface area contributed by atoms with E-state index in [1.807, 2.05) is 20.9 Å². The van der Waals surface area contributed by atoms with Gasteiger partial charge >= 0.3 is 0 Å². The van der Waals surface area contributed by atoms with Gasteiger partial charge in [0.15, 0.2) is 5.96 Å². The van der Waals surface area contributed by atoms with Crippen LogP contribution in [0.25, 0.3) is 0 Å². The molecule has 25 heavy (non-hydrogen) atoms. The Kier molecular flexibility index (Phi) is 7.29. The second kappa shape index (κ2) is 9.22. The summed E-state index contributed by atoms with van der Waals surface area (Å²) >= 11 is 0. The van der Waals surface area contributed by atoms with Crippen LogP contribution in [0.5, 0.6) is 0 Å². The lowest BCUT2D eigenvalue weighted by Gasteiger charge is -2.30. The summed E-state index contributed by atoms with van der Waals surface area (Å²) in [5, 5.41) is 11.0. The fraction of sp³-hybridized carbons (Fsp3) is 0.789. The summed E-state index contributed by atoms with van der Waals surface area (Å²) in [7, 11) is 3.61. The minimum atomic E-state index is 0.318. The molecule has 0 saturated heterocycles. The lowest BCUT2D eigenvalue weighted by atomic mass is 9.83. The number of aromatic nitrogens is 1. The van der Waals surface area contributed by atoms with Crippen LogP contribution in [0.1, 0.15) is 62.0 Å². The predicted molar refractivity (Wildman–Crippen MR) is 101 cm³/mol. The smallest absolute Gasteiger partial charge is 0.191 e. The van der Waals surface area contributed by atoms with E-state index in [2.05, 4.69) is 27.7 Å². The highest BCUT2D eigenvalue weighted by Crippen LogP contribution is 2.40. The van der Waals surface area contributed by atoms with E-state index >= 15 is 0 Å². The largest absolute Gasteiger partial charge is 0.385 e. The molecule has 6 heteroatoms. The third-order valence-electron chi connectivity index (χ3n) is 5.51. The number of aryl methyl sites for hydroxylation is 2. The van der Waals surface area contributed by atoms with Gasteiger partial charge in [-0.15, -0.1) is 0 Å². The second-order valence-corrected chi connectivity index (χ2v) is 7.40. The van der Waals surface area contributed by atoms with E-state index in [0.29, 0.717) is 11.3 Å². The van der Waals surface area contributed by atoms with Crippen molar-refractivity contribution in [2.45, 2.75) is 58.8 Å². The maximum absolute atomic E-state index is 5.32. The first-order valence-electron chi connectivity index (χ1n) is 9.37. The first-order chi connectivity index (χ1) is 12.0. The number of nitrogens with one attached hydrogen (secondary N) is 2. The second-order valence-electron chi connectivity index (χ2n) is 7.40. The number of rotatable bonds is 8. The van der Waals surface area contributed by atoms with Crippen LogP contribution >= 0.6 is 0 Å². The molecule has 0 aliphatic heterocycles. The molecule has 1 heterocycles. The van der Waals surface area contributed by atoms with Crippen molar-refractivity contribution in [3.05, 3.63) is 17.0 Å². The van der Waals surface area contributed by atoms with Gasteiger partial charge in [0.1, 0.15) is 5.76 Å². The molecular formula is C19H34N4O2. The lowest BCUT2D eigenvalue weighted by molar-refractivity contribution is 0.138. The van der Waals surface area contributed by atoms with Crippen molar-refractivity contribution in [2.24, 2.45) is 10.4 Å². The number of hydrogen-bond acceptors (Lipinski definition) is 4. The van der Waals surface area contributed by atoms with Gasteiger partial charge in [-0.1, -0.05) is 24.9 Å². The number of ether oxygens (including phenoxy) is 1. The lowest BCUT2D eigenvalue weighted by Crippen LogP contribution is -2.44. The highest BCUT2D eigenvalue weighted by Gasteiger charge is 2.33. The molecule has 1 fully saturated rings. The summed E-state index contributed by atoms with van der Waals surface area (Å²) in [6.45, 7) is 8.73. The van der Waals surface area contributed by atoms with Crippen LogP contribution in [0, 0.1) is 19.3 Å². The third kappa shape index (κ3) is 5.21. The molecule has 0 spiro atoms. The number of aliphatic imine (C=N–C) groups is 1. The Morgan fingerprint density at radius 3 is 2.60 bits per heavy atom. The van der Waals surface area contributed by atoms with Crippen LogP contribution in [-0.4, -0.2) is 45.0 Å². The Morgan fingerprint density at radius 2 is 2.04 bits per heavy atom. The molecule has 1 aromatic heterocycles. The summed E-state index contributed by atoms with van der Waals surface area (Å²) in [5.41, 5.74) is 2.51. The van der Waals surface area contributed by atoms with Gasteiger partial charge in [-0.05, 0) is 38.5 Å². The molecule has 0 amide bonds. The molecule has 1 atom stereocenters. The molecule has 2 N–H and O–H groups in total. The highest BCUT2D eigenvalue weighted by atomic mass is 16.5. The van der Waals surface area contributed by atoms with Crippen molar-refractivity contribution in [1.82, 2.24) is 15.8 Å². The third-order valence-corrected chi connectivity index (χ3v) is 5.51. The van der Waals surface area contributed by atoms with E-state index < -0.39 is 0 Å². The van der Waals surface area contributed by atoms with E-state index in [9.17, 15) is 0 Å². The zero-order valence-corrected chi connectivity index (χ0v) is 16.4. The molecule has 2 rings (SSSR count). The van der Waals surface area contributed by atoms with Gasteiger partial charge in [0.05, 0.1) is 5.69 Å². The summed E-state index contributed by atoms with van der Waals surface area (Å²) < 4.78 is 10.6. The van der Waals surface area contributed by atoms with Crippen molar-refractivity contribution >= 4 is 5.96 Å². The van der Waals surface area contributed by atoms with Crippen LogP contribution < -0.4 is 10.6 Å². The van der Waals surface area contributed by atoms with E-state index in [1.165, 1.54) is 31.2 Å². The number of hydrogen-bond donors (Lipinski definition) is 2. The molecule has 1 aromatic rings. The van der Waals surface area contributed by atoms with E-state index in [-0.39, 0.29) is 0 Å². The van der Waals surface area contributed by atoms with Crippen LogP contribution in [0.3, 0.4) is 0 Å². The van der Waals surface area contributed by atoms with Crippen molar-refractivity contribution in [2.75, 3.05) is 33.9 Å². The molecule has 142 valence electrons. The summed E-state index contributed by atoms with van der Waals surface area (Å²) in [6.07, 6.45) is 6.30. The minimum Gasteiger partial charge on any atom is -0.385 e. The van der Waals surface area contributed by atoms with E-state index in [4.69, 9.17) is 9.26 Å². The van der Waals surface area contributed by atoms with Gasteiger partial charge in [-0.25, -0.2) is 0 Å². The molecule has 1 unspecified atom stereocenters. The number of nitrogens with zero attached hydrogens (tertiary/aromatic N) is 2. The number of methoxy groups -OCH3 is 1. The highest BCUT2D eigenvalue weighted by molar-refractivity contribution is 5.79. The van der Waals surface area contributed by atoms with Gasteiger partial charge in [-0.3, -0.25) is 4.99 Å². The molecule has 6 nitrogen and oxygen atoms in total. The fourth-order valence-electron chi connectivity index (χ4n) is 4.00. The van der Waals surface area contributed by atoms with Gasteiger partial charge in [0.2, 0.25) is 0 Å². The Hall–Kier alpha value is -1.56. The Balaban J connectivity index is 1.86. The molecule has 1 aliphatic rings. The van der Waals surface area contributed by atoms with E-state index in [0.717, 1.165) is 43.5 Å². The monoisotopic (exact) mass is 350 g/mol. The van der Waals surface area contributed by atoms with Crippen LogP contribution in [0.4, 0.5) is 0 Å². The molecular weight excluding hydrogens is 316 g/mol. The summed E-state index contributed by atoms with van der Waals surface area (Å²) in [6, 6.07) is 0. The average molecular weight is 351 g/mol. The molecule has 0 radical (unpaired) electrons. The summed E-state index contributed by atoms with van der Waals surface area (Å²) in [5.74, 6) is 2.08. The van der Waals surface area contributed by atoms with Gasteiger partial charge in [-0.2, -0.15) is 0 Å². The van der Waals surface area contributed by atoms with Gasteiger partial charge in [0, 0.05) is 45.3 Å². The van der Waals surface area contributed by atoms with Gasteiger partial charge < -0.3 is 19.9 Å². The van der Waals surface area contributed by atoms with Crippen LogP contribution in [-0.2, 0) is 4.74 Å². The minimum absolute atomic E-state index is 0.318. The molecule has 1 aliphatic carbocycles. The molecule has 1 saturated carbocycles. The maximum Gasteiger partial charge on any atom is 0.191 e. The van der Waals surface area contributed by atoms with Crippen molar-refractivity contribution in [1.29, 1.82) is 0 Å². The maximum atomic E-state index is 5.32. The quantitative estimate of drug-likeness (QED) is 0.557. The zero-order valence-electron chi connectivity index (χ0n) is 16.4. The Labute approximate surface area is 151 Å². The molecule has 0 aromatic carbocycles. The Morgan fingerprint density at radius 1 is 1.32 bits per heavy atom. The Bertz CT molecular complexity index is 542. The zero-order chi connectivity index (χ0) is 18.3. The standard InChI is InChI=1S/C19H34N4O2/c1-14(17-15(2)23-25-16(17)3)12-21-18(20-4)22-13-19(10-11-24-5)8-6-7-9-19/h14H,6-13H2,1-5H3,(H2,20,21,22). The van der Waals surface area contributed by atoms with Crippen molar-refractivity contribution in [3.8, 4) is 0 Å². The van der Waals surface area contributed by atoms with Crippen LogP contribution in [0.15, 0.2) is 9.52 Å². The van der Waals surface area contributed by atoms with Gasteiger partial charge in [0.25, 0.3) is 0 Å². The van der Waals surface area contributed by atoms with Crippen LogP contribution in [0.2, 0.25) is 0 Å². The van der Waals surface area contributed by atoms with Crippen molar-refractivity contribution in [3.63, 3.8) is 0 Å². The molecule has 0 bridgehead atoms. The predicted octanol–water partition coefficient (Wildman–Crippen LogP) is 3.16. The normalized spacial score (nSPS) is 18.4. The van der Waals surface area contributed by atoms with Crippen molar-refractivity contribution < 1.29 is 9.26 Å². The fourth-order valence-corrected chi connectivity index (χ4v) is 4.00. The first-order valence-corrected chi connectivity index (χ1v) is 9.37. The van der Waals surface area contributed by atoms with E-state index in [1.54, 1.807) is 7.11 Å². The summed E-state index contributed by atoms with van der Waals surface area (Å²) in [4.78, 5) is 4.38. The average Bonchev–Trinajstić information content (AvgIpc) is 3.20. The SMILES string of the molecule is CN=C(NCC(C)c1c(C)noc1C)NCC1(CCOC)CCCC1. The number of guanidine groups is 1.